The molecule has 0 spiro atoms. The van der Waals surface area contributed by atoms with Crippen molar-refractivity contribution in [3.05, 3.63) is 23.8 Å². The van der Waals surface area contributed by atoms with Crippen LogP contribution in [0.15, 0.2) is 18.2 Å². The predicted molar refractivity (Wildman–Crippen MR) is 54.0 cm³/mol. The molecular weight excluding hydrogens is 198 g/mol. The first-order valence-electron chi connectivity index (χ1n) is 4.23. The number of rotatable bonds is 4. The minimum absolute atomic E-state index is 0.178. The maximum absolute atomic E-state index is 11.4. The number of hydrogen-bond acceptors (Lipinski definition) is 4. The molecule has 0 fully saturated rings. The second-order valence-electron chi connectivity index (χ2n) is 2.95. The van der Waals surface area contributed by atoms with Crippen LogP contribution in [0.3, 0.4) is 0 Å². The topological polar surface area (TPSA) is 89.6 Å². The van der Waals surface area contributed by atoms with Gasteiger partial charge in [0.2, 0.25) is 0 Å². The summed E-state index contributed by atoms with van der Waals surface area (Å²) in [7, 11) is 1.46. The summed E-state index contributed by atoms with van der Waals surface area (Å²) in [5.41, 5.74) is 5.98. The van der Waals surface area contributed by atoms with Crippen LogP contribution < -0.4 is 10.5 Å². The van der Waals surface area contributed by atoms with Gasteiger partial charge in [-0.1, -0.05) is 0 Å². The van der Waals surface area contributed by atoms with Gasteiger partial charge in [-0.05, 0) is 18.2 Å². The van der Waals surface area contributed by atoms with E-state index in [9.17, 15) is 9.59 Å². The van der Waals surface area contributed by atoms with Crippen molar-refractivity contribution < 1.29 is 19.4 Å². The van der Waals surface area contributed by atoms with Gasteiger partial charge in [0.25, 0.3) is 0 Å². The quantitative estimate of drug-likeness (QED) is 0.437. The zero-order valence-corrected chi connectivity index (χ0v) is 8.19. The van der Waals surface area contributed by atoms with Crippen molar-refractivity contribution in [3.63, 3.8) is 0 Å². The van der Waals surface area contributed by atoms with Crippen LogP contribution in [0.2, 0.25) is 0 Å². The van der Waals surface area contributed by atoms with Gasteiger partial charge in [-0.2, -0.15) is 0 Å². The van der Waals surface area contributed by atoms with Crippen LogP contribution in [-0.2, 0) is 4.79 Å². The fourth-order valence-electron chi connectivity index (χ4n) is 1.14. The van der Waals surface area contributed by atoms with E-state index in [2.05, 4.69) is 0 Å². The third kappa shape index (κ3) is 2.70. The summed E-state index contributed by atoms with van der Waals surface area (Å²) in [6.45, 7) is 0. The van der Waals surface area contributed by atoms with Crippen LogP contribution in [0.5, 0.6) is 5.75 Å². The first-order valence-corrected chi connectivity index (χ1v) is 4.23. The Balaban J connectivity index is 3.01. The lowest BCUT2D eigenvalue weighted by Gasteiger charge is -2.05. The molecule has 5 heteroatoms. The van der Waals surface area contributed by atoms with Gasteiger partial charge in [-0.25, -0.2) is 0 Å². The van der Waals surface area contributed by atoms with Crippen molar-refractivity contribution in [2.24, 2.45) is 0 Å². The van der Waals surface area contributed by atoms with E-state index >= 15 is 0 Å². The number of ketones is 1. The van der Waals surface area contributed by atoms with Crippen LogP contribution >= 0.6 is 0 Å². The fourth-order valence-corrected chi connectivity index (χ4v) is 1.14. The first-order chi connectivity index (χ1) is 7.04. The van der Waals surface area contributed by atoms with Gasteiger partial charge in [0.05, 0.1) is 7.11 Å². The zero-order chi connectivity index (χ0) is 11.4. The van der Waals surface area contributed by atoms with E-state index in [4.69, 9.17) is 15.6 Å². The number of carbonyl (C=O) groups is 2. The van der Waals surface area contributed by atoms with Gasteiger partial charge in [-0.3, -0.25) is 9.59 Å². The van der Waals surface area contributed by atoms with E-state index in [-0.39, 0.29) is 11.3 Å². The summed E-state index contributed by atoms with van der Waals surface area (Å²) >= 11 is 0. The van der Waals surface area contributed by atoms with Crippen LogP contribution in [0.4, 0.5) is 5.69 Å². The van der Waals surface area contributed by atoms with Crippen molar-refractivity contribution in [1.82, 2.24) is 0 Å². The van der Waals surface area contributed by atoms with E-state index in [1.165, 1.54) is 19.2 Å². The van der Waals surface area contributed by atoms with Crippen molar-refractivity contribution in [2.45, 2.75) is 6.42 Å². The van der Waals surface area contributed by atoms with E-state index in [1.54, 1.807) is 6.07 Å². The highest BCUT2D eigenvalue weighted by atomic mass is 16.5. The molecule has 0 atom stereocenters. The van der Waals surface area contributed by atoms with E-state index in [0.717, 1.165) is 0 Å². The largest absolute Gasteiger partial charge is 0.497 e. The second-order valence-corrected chi connectivity index (χ2v) is 2.95. The smallest absolute Gasteiger partial charge is 0.311 e. The normalized spacial score (nSPS) is 9.67. The van der Waals surface area contributed by atoms with E-state index in [0.29, 0.717) is 5.75 Å². The number of hydrogen-bond donors (Lipinski definition) is 2. The number of aliphatic carboxylic acids is 1. The standard InChI is InChI=1S/C10H11NO4/c1-15-6-2-3-8(11)7(4-6)9(12)5-10(13)14/h2-4H,5,11H2,1H3,(H,13,14). The van der Waals surface area contributed by atoms with E-state index < -0.39 is 18.2 Å². The lowest BCUT2D eigenvalue weighted by atomic mass is 10.1. The molecule has 0 unspecified atom stereocenters. The minimum atomic E-state index is -1.18. The SMILES string of the molecule is COc1ccc(N)c(C(=O)CC(=O)O)c1. The number of carboxylic acid groups (broad SMARTS) is 1. The number of nitrogens with two attached hydrogens (primary N) is 1. The Morgan fingerprint density at radius 3 is 2.67 bits per heavy atom. The number of nitrogen functional groups attached to an aromatic ring is 1. The number of carboxylic acids is 1. The minimum Gasteiger partial charge on any atom is -0.497 e. The molecular formula is C10H11NO4. The maximum atomic E-state index is 11.4. The van der Waals surface area contributed by atoms with Gasteiger partial charge in [-0.15, -0.1) is 0 Å². The number of anilines is 1. The molecule has 1 aromatic rings. The van der Waals surface area contributed by atoms with Gasteiger partial charge in [0, 0.05) is 11.3 Å². The molecule has 0 aliphatic rings. The lowest BCUT2D eigenvalue weighted by molar-refractivity contribution is -0.135. The molecule has 0 bridgehead atoms. The summed E-state index contributed by atoms with van der Waals surface area (Å²) < 4.78 is 4.91. The molecule has 3 N–H and O–H groups in total. The Bertz CT molecular complexity index is 400. The Morgan fingerprint density at radius 1 is 1.47 bits per heavy atom. The molecule has 1 rings (SSSR count). The van der Waals surface area contributed by atoms with Crippen LogP contribution in [-0.4, -0.2) is 24.0 Å². The average Bonchev–Trinajstić information content (AvgIpc) is 2.17. The number of Topliss-reactive ketones (excluding diaryl/α,β-unsaturated/α-hetero) is 1. The van der Waals surface area contributed by atoms with E-state index in [1.807, 2.05) is 0 Å². The van der Waals surface area contributed by atoms with Crippen molar-refractivity contribution in [1.29, 1.82) is 0 Å². The molecule has 0 heterocycles. The second kappa shape index (κ2) is 4.45. The number of methoxy groups -OCH3 is 1. The molecule has 0 saturated heterocycles. The summed E-state index contributed by atoms with van der Waals surface area (Å²) in [5.74, 6) is -1.24. The molecule has 0 amide bonds. The van der Waals surface area contributed by atoms with Gasteiger partial charge in [0.15, 0.2) is 5.78 Å². The van der Waals surface area contributed by atoms with Gasteiger partial charge < -0.3 is 15.6 Å². The summed E-state index contributed by atoms with van der Waals surface area (Å²) in [6, 6.07) is 4.54. The number of benzene rings is 1. The van der Waals surface area contributed by atoms with Crippen molar-refractivity contribution in [2.75, 3.05) is 12.8 Å². The Labute approximate surface area is 86.5 Å². The van der Waals surface area contributed by atoms with Crippen LogP contribution in [0, 0.1) is 0 Å². The third-order valence-corrected chi connectivity index (χ3v) is 1.87. The summed E-state index contributed by atoms with van der Waals surface area (Å²) in [5, 5.41) is 8.47. The van der Waals surface area contributed by atoms with Gasteiger partial charge >= 0.3 is 5.97 Å². The van der Waals surface area contributed by atoms with Gasteiger partial charge in [0.1, 0.15) is 12.2 Å². The number of ether oxygens (including phenoxy) is 1. The zero-order valence-electron chi connectivity index (χ0n) is 8.19. The molecule has 0 radical (unpaired) electrons. The Morgan fingerprint density at radius 2 is 2.13 bits per heavy atom. The third-order valence-electron chi connectivity index (χ3n) is 1.87. The average molecular weight is 209 g/mol. The highest BCUT2D eigenvalue weighted by Gasteiger charge is 2.14. The molecule has 0 saturated carbocycles. The molecule has 0 aliphatic heterocycles. The monoisotopic (exact) mass is 209 g/mol. The molecule has 80 valence electrons. The fraction of sp³-hybridized carbons (Fsp3) is 0.200. The van der Waals surface area contributed by atoms with Crippen molar-refractivity contribution >= 4 is 17.4 Å². The Kier molecular flexibility index (Phi) is 3.28. The predicted octanol–water partition coefficient (Wildman–Crippen LogP) is 0.935. The van der Waals surface area contributed by atoms with Crippen LogP contribution in [0.25, 0.3) is 0 Å². The molecule has 0 aliphatic carbocycles. The lowest BCUT2D eigenvalue weighted by Crippen LogP contribution is -2.09. The highest BCUT2D eigenvalue weighted by molar-refractivity contribution is 6.08. The molecule has 1 aromatic carbocycles. The summed E-state index contributed by atoms with van der Waals surface area (Å²) in [6.07, 6.45) is -0.572. The first kappa shape index (κ1) is 11.0. The van der Waals surface area contributed by atoms with Crippen molar-refractivity contribution in [3.8, 4) is 5.75 Å². The molecule has 15 heavy (non-hydrogen) atoms. The highest BCUT2D eigenvalue weighted by Crippen LogP contribution is 2.20. The molecule has 5 nitrogen and oxygen atoms in total. The Hall–Kier alpha value is -2.04. The van der Waals surface area contributed by atoms with Crippen LogP contribution in [0.1, 0.15) is 16.8 Å². The summed E-state index contributed by atoms with van der Waals surface area (Å²) in [4.78, 5) is 21.8. The number of carbonyl (C=O) groups excluding carboxylic acids is 1. The molecule has 0 aromatic heterocycles. The maximum Gasteiger partial charge on any atom is 0.311 e.